The average Bonchev–Trinajstić information content (AvgIpc) is 3.23. The Bertz CT molecular complexity index is 972. The van der Waals surface area contributed by atoms with Crippen LogP contribution in [0.3, 0.4) is 0 Å². The molecular formula is C22H23ClN2O3S. The minimum Gasteiger partial charge on any atom is -0.493 e. The molecule has 3 aromatic rings. The molecule has 7 heteroatoms. The number of carbonyl (C=O) groups excluding carboxylic acids is 1. The van der Waals surface area contributed by atoms with Crippen LogP contribution in [0.4, 0.5) is 5.13 Å². The fraction of sp³-hybridized carbons (Fsp3) is 0.273. The summed E-state index contributed by atoms with van der Waals surface area (Å²) >= 11 is 7.43. The van der Waals surface area contributed by atoms with Crippen LogP contribution in [0.5, 0.6) is 11.5 Å². The highest BCUT2D eigenvalue weighted by atomic mass is 35.5. The number of ether oxygens (including phenoxy) is 2. The first kappa shape index (κ1) is 21.1. The van der Waals surface area contributed by atoms with Crippen LogP contribution in [0.25, 0.3) is 11.3 Å². The number of rotatable bonds is 8. The number of hydrogen-bond acceptors (Lipinski definition) is 5. The molecule has 1 heterocycles. The van der Waals surface area contributed by atoms with E-state index in [9.17, 15) is 4.79 Å². The lowest BCUT2D eigenvalue weighted by Crippen LogP contribution is -2.32. The molecule has 0 spiro atoms. The first-order valence-electron chi connectivity index (χ1n) is 9.28. The third kappa shape index (κ3) is 5.08. The molecule has 152 valence electrons. The van der Waals surface area contributed by atoms with E-state index in [0.29, 0.717) is 41.0 Å². The van der Waals surface area contributed by atoms with E-state index in [1.165, 1.54) is 11.3 Å². The van der Waals surface area contributed by atoms with Crippen molar-refractivity contribution in [3.05, 3.63) is 58.4 Å². The molecule has 0 aliphatic heterocycles. The molecule has 29 heavy (non-hydrogen) atoms. The Hall–Kier alpha value is -2.57. The molecule has 0 aliphatic carbocycles. The first-order valence-corrected chi connectivity index (χ1v) is 10.5. The number of hydrogen-bond donors (Lipinski definition) is 0. The molecule has 0 radical (unpaired) electrons. The maximum atomic E-state index is 12.6. The summed E-state index contributed by atoms with van der Waals surface area (Å²) in [5.74, 6) is 1.41. The molecule has 2 aromatic carbocycles. The highest BCUT2D eigenvalue weighted by molar-refractivity contribution is 7.14. The number of halogens is 1. The normalized spacial score (nSPS) is 10.6. The summed E-state index contributed by atoms with van der Waals surface area (Å²) in [7, 11) is 3.22. The topological polar surface area (TPSA) is 51.7 Å². The van der Waals surface area contributed by atoms with Crippen molar-refractivity contribution in [2.24, 2.45) is 0 Å². The van der Waals surface area contributed by atoms with Gasteiger partial charge >= 0.3 is 0 Å². The highest BCUT2D eigenvalue weighted by Crippen LogP contribution is 2.30. The zero-order chi connectivity index (χ0) is 20.8. The van der Waals surface area contributed by atoms with Gasteiger partial charge in [-0.05, 0) is 36.2 Å². The Balaban J connectivity index is 1.79. The van der Waals surface area contributed by atoms with Crippen LogP contribution in [0.15, 0.2) is 47.8 Å². The molecular weight excluding hydrogens is 408 g/mol. The van der Waals surface area contributed by atoms with Gasteiger partial charge in [0.25, 0.3) is 0 Å². The fourth-order valence-electron chi connectivity index (χ4n) is 2.94. The summed E-state index contributed by atoms with van der Waals surface area (Å²) in [5, 5.41) is 3.34. The predicted octanol–water partition coefficient (Wildman–Crippen LogP) is 5.47. The van der Waals surface area contributed by atoms with Crippen molar-refractivity contribution in [3.8, 4) is 22.8 Å². The van der Waals surface area contributed by atoms with Gasteiger partial charge in [-0.1, -0.05) is 36.7 Å². The van der Waals surface area contributed by atoms with E-state index in [2.05, 4.69) is 4.98 Å². The zero-order valence-corrected chi connectivity index (χ0v) is 18.2. The van der Waals surface area contributed by atoms with Crippen LogP contribution in [0.2, 0.25) is 5.02 Å². The number of anilines is 1. The first-order chi connectivity index (χ1) is 14.0. The summed E-state index contributed by atoms with van der Waals surface area (Å²) in [6.45, 7) is 2.40. The standard InChI is InChI=1S/C22H23ClN2O3S/c1-4-21(26)25(12-11-15-5-10-19(27-2)20(13-15)28-3)22-24-18(14-29-22)16-6-8-17(23)9-7-16/h5-10,13-14H,4,11-12H2,1-3H3. The maximum absolute atomic E-state index is 12.6. The summed E-state index contributed by atoms with van der Waals surface area (Å²) in [6, 6.07) is 13.3. The van der Waals surface area contributed by atoms with Gasteiger partial charge in [-0.25, -0.2) is 4.98 Å². The molecule has 0 bridgehead atoms. The lowest BCUT2D eigenvalue weighted by molar-refractivity contribution is -0.118. The van der Waals surface area contributed by atoms with Gasteiger partial charge in [0.1, 0.15) is 0 Å². The number of thiazole rings is 1. The smallest absolute Gasteiger partial charge is 0.228 e. The van der Waals surface area contributed by atoms with Gasteiger partial charge in [0.15, 0.2) is 16.6 Å². The molecule has 0 atom stereocenters. The highest BCUT2D eigenvalue weighted by Gasteiger charge is 2.18. The average molecular weight is 431 g/mol. The Morgan fingerprint density at radius 1 is 1.10 bits per heavy atom. The van der Waals surface area contributed by atoms with Crippen molar-refractivity contribution in [1.82, 2.24) is 4.98 Å². The molecule has 0 N–H and O–H groups in total. The molecule has 0 aliphatic rings. The summed E-state index contributed by atoms with van der Waals surface area (Å²) in [4.78, 5) is 19.0. The molecule has 3 rings (SSSR count). The van der Waals surface area contributed by atoms with E-state index < -0.39 is 0 Å². The zero-order valence-electron chi connectivity index (χ0n) is 16.6. The number of aromatic nitrogens is 1. The van der Waals surface area contributed by atoms with Gasteiger partial charge < -0.3 is 9.47 Å². The van der Waals surface area contributed by atoms with Crippen molar-refractivity contribution in [2.75, 3.05) is 25.7 Å². The number of carbonyl (C=O) groups is 1. The van der Waals surface area contributed by atoms with E-state index in [1.54, 1.807) is 19.1 Å². The molecule has 5 nitrogen and oxygen atoms in total. The molecule has 1 amide bonds. The second-order valence-electron chi connectivity index (χ2n) is 6.36. The Morgan fingerprint density at radius 3 is 2.48 bits per heavy atom. The third-order valence-electron chi connectivity index (χ3n) is 4.54. The minimum absolute atomic E-state index is 0.0440. The summed E-state index contributed by atoms with van der Waals surface area (Å²) in [5.41, 5.74) is 2.87. The van der Waals surface area contributed by atoms with E-state index in [1.807, 2.05) is 54.8 Å². The second kappa shape index (κ2) is 9.76. The van der Waals surface area contributed by atoms with Crippen LogP contribution in [-0.2, 0) is 11.2 Å². The van der Waals surface area contributed by atoms with Crippen LogP contribution in [0.1, 0.15) is 18.9 Å². The Morgan fingerprint density at radius 2 is 1.83 bits per heavy atom. The van der Waals surface area contributed by atoms with Crippen molar-refractivity contribution in [1.29, 1.82) is 0 Å². The fourth-order valence-corrected chi connectivity index (χ4v) is 3.94. The van der Waals surface area contributed by atoms with Crippen molar-refractivity contribution in [2.45, 2.75) is 19.8 Å². The monoisotopic (exact) mass is 430 g/mol. The SMILES string of the molecule is CCC(=O)N(CCc1ccc(OC)c(OC)c1)c1nc(-c2ccc(Cl)cc2)cs1. The van der Waals surface area contributed by atoms with Crippen molar-refractivity contribution >= 4 is 34.0 Å². The summed E-state index contributed by atoms with van der Waals surface area (Å²) in [6.07, 6.45) is 1.10. The van der Waals surface area contributed by atoms with E-state index in [-0.39, 0.29) is 5.91 Å². The summed E-state index contributed by atoms with van der Waals surface area (Å²) < 4.78 is 10.7. The van der Waals surface area contributed by atoms with E-state index in [4.69, 9.17) is 21.1 Å². The quantitative estimate of drug-likeness (QED) is 0.475. The van der Waals surface area contributed by atoms with Crippen LogP contribution in [-0.4, -0.2) is 31.7 Å². The second-order valence-corrected chi connectivity index (χ2v) is 7.63. The van der Waals surface area contributed by atoms with Gasteiger partial charge in [-0.15, -0.1) is 11.3 Å². The maximum Gasteiger partial charge on any atom is 0.228 e. The molecule has 0 saturated heterocycles. The number of benzene rings is 2. The number of nitrogens with zero attached hydrogens (tertiary/aromatic N) is 2. The van der Waals surface area contributed by atoms with Gasteiger partial charge in [0.05, 0.1) is 19.9 Å². The molecule has 0 unspecified atom stereocenters. The van der Waals surface area contributed by atoms with E-state index in [0.717, 1.165) is 16.8 Å². The number of methoxy groups -OCH3 is 2. The molecule has 1 aromatic heterocycles. The minimum atomic E-state index is 0.0440. The van der Waals surface area contributed by atoms with Gasteiger partial charge in [0, 0.05) is 28.9 Å². The molecule has 0 saturated carbocycles. The van der Waals surface area contributed by atoms with Gasteiger partial charge in [-0.3, -0.25) is 9.69 Å². The van der Waals surface area contributed by atoms with Crippen LogP contribution >= 0.6 is 22.9 Å². The van der Waals surface area contributed by atoms with Crippen molar-refractivity contribution < 1.29 is 14.3 Å². The predicted molar refractivity (Wildman–Crippen MR) is 118 cm³/mol. The number of amides is 1. The van der Waals surface area contributed by atoms with E-state index >= 15 is 0 Å². The van der Waals surface area contributed by atoms with Crippen molar-refractivity contribution in [3.63, 3.8) is 0 Å². The molecule has 0 fully saturated rings. The third-order valence-corrected chi connectivity index (χ3v) is 5.65. The van der Waals surface area contributed by atoms with Crippen LogP contribution in [0, 0.1) is 0 Å². The Labute approximate surface area is 179 Å². The lowest BCUT2D eigenvalue weighted by atomic mass is 10.1. The largest absolute Gasteiger partial charge is 0.493 e. The van der Waals surface area contributed by atoms with Crippen LogP contribution < -0.4 is 14.4 Å². The Kier molecular flexibility index (Phi) is 7.12. The lowest BCUT2D eigenvalue weighted by Gasteiger charge is -2.19. The van der Waals surface area contributed by atoms with Gasteiger partial charge in [0.2, 0.25) is 5.91 Å². The van der Waals surface area contributed by atoms with Gasteiger partial charge in [-0.2, -0.15) is 0 Å².